The van der Waals surface area contributed by atoms with E-state index in [1.165, 1.54) is 5.57 Å². The van der Waals surface area contributed by atoms with E-state index in [4.69, 9.17) is 5.11 Å². The molecular weight excluding hydrogens is 324 g/mol. The second-order valence-electron chi connectivity index (χ2n) is 6.75. The highest BCUT2D eigenvalue weighted by Crippen LogP contribution is 2.55. The highest BCUT2D eigenvalue weighted by molar-refractivity contribution is 7.99. The third kappa shape index (κ3) is 3.18. The fourth-order valence-corrected chi connectivity index (χ4v) is 5.77. The minimum Gasteiger partial charge on any atom is -0.478 e. The molecule has 4 nitrogen and oxygen atoms in total. The first-order valence-electron chi connectivity index (χ1n) is 8.03. The molecule has 0 aromatic carbocycles. The standard InChI is InChI=1S/C19H24O4S/c1-13(7-5-8-14(2)12-17(20)21)11-16-18-15(3)9-6-10-19(18,4)24(16,22)23/h5,7-8,11-12H,6,9-10H2,1-4H3,(H,20,21)/b8-5+,13-7+,14-12+,16-11-/t19-/m0/s1. The van der Waals surface area contributed by atoms with Crippen LogP contribution in [0.4, 0.5) is 0 Å². The van der Waals surface area contributed by atoms with Crippen molar-refractivity contribution in [2.45, 2.75) is 51.7 Å². The number of carboxylic acid groups (broad SMARTS) is 1. The molecule has 0 aromatic heterocycles. The molecule has 1 heterocycles. The molecule has 1 fully saturated rings. The maximum Gasteiger partial charge on any atom is 0.328 e. The van der Waals surface area contributed by atoms with Crippen molar-refractivity contribution in [3.63, 3.8) is 0 Å². The van der Waals surface area contributed by atoms with E-state index in [-0.39, 0.29) is 0 Å². The molecule has 0 spiro atoms. The molecule has 1 aliphatic carbocycles. The Morgan fingerprint density at radius 1 is 1.25 bits per heavy atom. The van der Waals surface area contributed by atoms with Crippen LogP contribution in [0, 0.1) is 0 Å². The quantitative estimate of drug-likeness (QED) is 0.613. The van der Waals surface area contributed by atoms with Crippen LogP contribution in [-0.2, 0) is 14.6 Å². The number of aliphatic carboxylic acids is 1. The Morgan fingerprint density at radius 3 is 2.54 bits per heavy atom. The molecule has 0 amide bonds. The zero-order chi connectivity index (χ0) is 18.1. The number of fused-ring (bicyclic) bond motifs is 1. The molecule has 0 aromatic rings. The van der Waals surface area contributed by atoms with Gasteiger partial charge >= 0.3 is 5.97 Å². The van der Waals surface area contributed by atoms with Gasteiger partial charge in [0.15, 0.2) is 9.84 Å². The minimum absolute atomic E-state index is 0.446. The number of allylic oxidation sites excluding steroid dienone is 8. The smallest absolute Gasteiger partial charge is 0.328 e. The van der Waals surface area contributed by atoms with Crippen LogP contribution in [0.2, 0.25) is 0 Å². The van der Waals surface area contributed by atoms with E-state index < -0.39 is 20.6 Å². The van der Waals surface area contributed by atoms with Gasteiger partial charge in [0.25, 0.3) is 0 Å². The van der Waals surface area contributed by atoms with Crippen LogP contribution in [0.15, 0.2) is 57.6 Å². The number of hydrogen-bond acceptors (Lipinski definition) is 3. The molecule has 0 saturated carbocycles. The maximum atomic E-state index is 12.7. The van der Waals surface area contributed by atoms with Gasteiger partial charge in [0, 0.05) is 6.08 Å². The molecule has 1 atom stereocenters. The van der Waals surface area contributed by atoms with Crippen LogP contribution in [0.5, 0.6) is 0 Å². The van der Waals surface area contributed by atoms with Crippen molar-refractivity contribution in [3.8, 4) is 0 Å². The van der Waals surface area contributed by atoms with Gasteiger partial charge in [0.2, 0.25) is 0 Å². The molecule has 130 valence electrons. The Balaban J connectivity index is 2.29. The monoisotopic (exact) mass is 348 g/mol. The Hall–Kier alpha value is -1.88. The van der Waals surface area contributed by atoms with Gasteiger partial charge in [-0.1, -0.05) is 23.8 Å². The van der Waals surface area contributed by atoms with Crippen LogP contribution in [0.3, 0.4) is 0 Å². The molecule has 0 bridgehead atoms. The van der Waals surface area contributed by atoms with Gasteiger partial charge < -0.3 is 5.11 Å². The molecule has 2 aliphatic rings. The van der Waals surface area contributed by atoms with Crippen molar-refractivity contribution in [1.82, 2.24) is 0 Å². The Labute approximate surface area is 143 Å². The molecule has 0 radical (unpaired) electrons. The van der Waals surface area contributed by atoms with E-state index in [0.29, 0.717) is 16.9 Å². The van der Waals surface area contributed by atoms with Crippen molar-refractivity contribution in [3.05, 3.63) is 57.6 Å². The van der Waals surface area contributed by atoms with Crippen molar-refractivity contribution in [2.24, 2.45) is 0 Å². The van der Waals surface area contributed by atoms with Gasteiger partial charge in [-0.25, -0.2) is 13.2 Å². The third-order valence-corrected chi connectivity index (χ3v) is 7.21. The Morgan fingerprint density at radius 2 is 1.92 bits per heavy atom. The van der Waals surface area contributed by atoms with Crippen molar-refractivity contribution in [1.29, 1.82) is 0 Å². The predicted molar refractivity (Wildman–Crippen MR) is 96.2 cm³/mol. The first-order chi connectivity index (χ1) is 11.1. The van der Waals surface area contributed by atoms with E-state index in [9.17, 15) is 13.2 Å². The van der Waals surface area contributed by atoms with E-state index >= 15 is 0 Å². The lowest BCUT2D eigenvalue weighted by Gasteiger charge is -2.47. The molecule has 0 unspecified atom stereocenters. The van der Waals surface area contributed by atoms with Gasteiger partial charge in [0.1, 0.15) is 4.75 Å². The van der Waals surface area contributed by atoms with Crippen LogP contribution >= 0.6 is 0 Å². The van der Waals surface area contributed by atoms with Crippen LogP contribution in [0.25, 0.3) is 0 Å². The molecule has 1 N–H and O–H groups in total. The molecule has 5 heteroatoms. The number of rotatable bonds is 4. The van der Waals surface area contributed by atoms with Gasteiger partial charge in [-0.2, -0.15) is 0 Å². The Bertz CT molecular complexity index is 819. The van der Waals surface area contributed by atoms with Crippen LogP contribution in [0.1, 0.15) is 47.0 Å². The largest absolute Gasteiger partial charge is 0.478 e. The van der Waals surface area contributed by atoms with E-state index in [2.05, 4.69) is 0 Å². The van der Waals surface area contributed by atoms with Gasteiger partial charge in [-0.05, 0) is 69.8 Å². The van der Waals surface area contributed by atoms with Gasteiger partial charge in [-0.3, -0.25) is 0 Å². The summed E-state index contributed by atoms with van der Waals surface area (Å²) < 4.78 is 24.6. The topological polar surface area (TPSA) is 71.4 Å². The molecule has 1 saturated heterocycles. The fraction of sp³-hybridized carbons (Fsp3) is 0.421. The van der Waals surface area contributed by atoms with Gasteiger partial charge in [0.05, 0.1) is 4.91 Å². The lowest BCUT2D eigenvalue weighted by atomic mass is 9.82. The predicted octanol–water partition coefficient (Wildman–Crippen LogP) is 4.09. The summed E-state index contributed by atoms with van der Waals surface area (Å²) in [5, 5.41) is 8.66. The lowest BCUT2D eigenvalue weighted by Crippen LogP contribution is -2.51. The number of carboxylic acids is 1. The molecule has 2 rings (SSSR count). The van der Waals surface area contributed by atoms with E-state index in [0.717, 1.165) is 30.1 Å². The zero-order valence-electron chi connectivity index (χ0n) is 14.6. The zero-order valence-corrected chi connectivity index (χ0v) is 15.4. The average Bonchev–Trinajstić information content (AvgIpc) is 2.45. The highest BCUT2D eigenvalue weighted by Gasteiger charge is 2.58. The summed E-state index contributed by atoms with van der Waals surface area (Å²) >= 11 is 0. The summed E-state index contributed by atoms with van der Waals surface area (Å²) in [6.45, 7) is 7.40. The average molecular weight is 348 g/mol. The first kappa shape index (κ1) is 18.5. The van der Waals surface area contributed by atoms with E-state index in [1.54, 1.807) is 31.2 Å². The summed E-state index contributed by atoms with van der Waals surface area (Å²) in [6.07, 6.45) is 10.6. The number of carbonyl (C=O) groups is 1. The number of hydrogen-bond donors (Lipinski definition) is 1. The molecule has 24 heavy (non-hydrogen) atoms. The fourth-order valence-electron chi connectivity index (χ4n) is 3.46. The second kappa shape index (κ2) is 6.55. The summed E-state index contributed by atoms with van der Waals surface area (Å²) in [7, 11) is -3.26. The number of sulfone groups is 1. The van der Waals surface area contributed by atoms with Crippen molar-refractivity contribution in [2.75, 3.05) is 0 Å². The molecular formula is C19H24O4S. The van der Waals surface area contributed by atoms with Gasteiger partial charge in [-0.15, -0.1) is 0 Å². The summed E-state index contributed by atoms with van der Waals surface area (Å²) in [5.74, 6) is -0.987. The Kier molecular flexibility index (Phi) is 5.04. The van der Waals surface area contributed by atoms with Crippen molar-refractivity contribution >= 4 is 15.8 Å². The van der Waals surface area contributed by atoms with Crippen LogP contribution < -0.4 is 0 Å². The second-order valence-corrected chi connectivity index (χ2v) is 9.10. The highest BCUT2D eigenvalue weighted by atomic mass is 32.2. The normalized spacial score (nSPS) is 28.9. The maximum absolute atomic E-state index is 12.7. The van der Waals surface area contributed by atoms with E-state index in [1.807, 2.05) is 20.8 Å². The van der Waals surface area contributed by atoms with Crippen molar-refractivity contribution < 1.29 is 18.3 Å². The third-order valence-electron chi connectivity index (χ3n) is 4.72. The lowest BCUT2D eigenvalue weighted by molar-refractivity contribution is -0.131. The molecule has 1 aliphatic heterocycles. The van der Waals surface area contributed by atoms with Crippen LogP contribution in [-0.4, -0.2) is 24.2 Å². The summed E-state index contributed by atoms with van der Waals surface area (Å²) in [4.78, 5) is 11.0. The summed E-state index contributed by atoms with van der Waals surface area (Å²) in [6, 6.07) is 0. The minimum atomic E-state index is -3.26. The first-order valence-corrected chi connectivity index (χ1v) is 9.51. The summed E-state index contributed by atoms with van der Waals surface area (Å²) in [5.41, 5.74) is 3.61. The SMILES string of the molecule is CC1=C2/C(=C/C(C)=C/C=C/C(C)=C/C(=O)O)S(=O)(=O)[C@@]2(C)CCC1.